The summed E-state index contributed by atoms with van der Waals surface area (Å²) in [6.45, 7) is 7.79. The molecule has 0 aliphatic carbocycles. The van der Waals surface area contributed by atoms with E-state index in [4.69, 9.17) is 0 Å². The summed E-state index contributed by atoms with van der Waals surface area (Å²) in [6, 6.07) is 4.76. The number of rotatable bonds is 6. The van der Waals surface area contributed by atoms with Crippen LogP contribution in [-0.4, -0.2) is 29.0 Å². The van der Waals surface area contributed by atoms with Gasteiger partial charge in [0, 0.05) is 11.7 Å². The highest BCUT2D eigenvalue weighted by Crippen LogP contribution is 1.97. The second-order valence-corrected chi connectivity index (χ2v) is 5.14. The van der Waals surface area contributed by atoms with Crippen molar-refractivity contribution in [2.45, 2.75) is 52.7 Å². The van der Waals surface area contributed by atoms with Crippen LogP contribution in [-0.2, 0) is 11.3 Å². The maximum atomic E-state index is 11.8. The molecule has 3 N–H and O–H groups in total. The molecule has 2 atom stereocenters. The number of carbonyl (C=O) groups excluding carboxylic acids is 2. The van der Waals surface area contributed by atoms with E-state index in [2.05, 4.69) is 20.9 Å². The molecule has 0 bridgehead atoms. The van der Waals surface area contributed by atoms with Crippen molar-refractivity contribution in [3.05, 3.63) is 29.6 Å². The van der Waals surface area contributed by atoms with Gasteiger partial charge in [0.05, 0.1) is 12.2 Å². The fourth-order valence-corrected chi connectivity index (χ4v) is 1.65. The number of aromatic nitrogens is 1. The van der Waals surface area contributed by atoms with E-state index in [-0.39, 0.29) is 18.0 Å². The second kappa shape index (κ2) is 8.24. The molecule has 0 radical (unpaired) electrons. The second-order valence-electron chi connectivity index (χ2n) is 5.14. The zero-order chi connectivity index (χ0) is 15.8. The smallest absolute Gasteiger partial charge is 0.315 e. The first-order chi connectivity index (χ1) is 9.92. The molecule has 1 heterocycles. The fourth-order valence-electron chi connectivity index (χ4n) is 1.65. The number of pyridine rings is 1. The first kappa shape index (κ1) is 16.9. The summed E-state index contributed by atoms with van der Waals surface area (Å²) in [5, 5.41) is 8.11. The van der Waals surface area contributed by atoms with Gasteiger partial charge in [-0.25, -0.2) is 4.79 Å². The Kier molecular flexibility index (Phi) is 6.65. The van der Waals surface area contributed by atoms with E-state index in [1.165, 1.54) is 0 Å². The summed E-state index contributed by atoms with van der Waals surface area (Å²) in [5.41, 5.74) is 1.68. The van der Waals surface area contributed by atoms with Crippen LogP contribution in [0.25, 0.3) is 0 Å². The summed E-state index contributed by atoms with van der Waals surface area (Å²) < 4.78 is 0. The van der Waals surface area contributed by atoms with Crippen molar-refractivity contribution in [3.8, 4) is 0 Å². The Hall–Kier alpha value is -2.11. The molecule has 116 valence electrons. The van der Waals surface area contributed by atoms with Crippen LogP contribution in [0.1, 0.15) is 38.6 Å². The third-order valence-corrected chi connectivity index (χ3v) is 3.12. The van der Waals surface area contributed by atoms with E-state index < -0.39 is 6.04 Å². The lowest BCUT2D eigenvalue weighted by molar-refractivity contribution is -0.123. The van der Waals surface area contributed by atoms with Crippen molar-refractivity contribution in [2.24, 2.45) is 0 Å². The van der Waals surface area contributed by atoms with E-state index >= 15 is 0 Å². The van der Waals surface area contributed by atoms with Gasteiger partial charge in [-0.1, -0.05) is 13.0 Å². The van der Waals surface area contributed by atoms with Crippen molar-refractivity contribution in [1.82, 2.24) is 20.9 Å². The third-order valence-electron chi connectivity index (χ3n) is 3.12. The molecule has 0 aliphatic heterocycles. The molecule has 0 unspecified atom stereocenters. The molecule has 3 amide bonds. The lowest BCUT2D eigenvalue weighted by Gasteiger charge is -2.17. The van der Waals surface area contributed by atoms with Crippen molar-refractivity contribution in [2.75, 3.05) is 0 Å². The zero-order valence-corrected chi connectivity index (χ0v) is 13.1. The molecule has 0 aromatic carbocycles. The van der Waals surface area contributed by atoms with Crippen LogP contribution in [0.3, 0.4) is 0 Å². The average molecular weight is 292 g/mol. The zero-order valence-electron chi connectivity index (χ0n) is 13.1. The highest BCUT2D eigenvalue weighted by molar-refractivity contribution is 5.86. The summed E-state index contributed by atoms with van der Waals surface area (Å²) in [4.78, 5) is 27.8. The van der Waals surface area contributed by atoms with Gasteiger partial charge < -0.3 is 16.0 Å². The number of carbonyl (C=O) groups is 2. The Balaban J connectivity index is 2.37. The standard InChI is InChI=1S/C15H24N4O2/c1-5-10(2)18-14(20)12(4)19-15(21)16-9-13-8-6-7-11(3)17-13/h6-8,10,12H,5,9H2,1-4H3,(H,18,20)(H2,16,19,21)/t10-,12-/m0/s1. The van der Waals surface area contributed by atoms with Crippen LogP contribution in [0, 0.1) is 6.92 Å². The number of nitrogens with one attached hydrogen (secondary N) is 3. The highest BCUT2D eigenvalue weighted by atomic mass is 16.2. The van der Waals surface area contributed by atoms with Gasteiger partial charge in [0.25, 0.3) is 0 Å². The summed E-state index contributed by atoms with van der Waals surface area (Å²) in [5.74, 6) is -0.187. The van der Waals surface area contributed by atoms with Crippen molar-refractivity contribution >= 4 is 11.9 Å². The Morgan fingerprint density at radius 1 is 1.24 bits per heavy atom. The first-order valence-electron chi connectivity index (χ1n) is 7.19. The van der Waals surface area contributed by atoms with Crippen LogP contribution in [0.2, 0.25) is 0 Å². The Bertz CT molecular complexity index is 490. The minimum atomic E-state index is -0.579. The minimum absolute atomic E-state index is 0.0984. The summed E-state index contributed by atoms with van der Waals surface area (Å²) in [6.07, 6.45) is 0.851. The predicted molar refractivity (Wildman–Crippen MR) is 81.7 cm³/mol. The molecule has 1 rings (SSSR count). The van der Waals surface area contributed by atoms with Gasteiger partial charge in [0.15, 0.2) is 0 Å². The van der Waals surface area contributed by atoms with E-state index in [0.717, 1.165) is 17.8 Å². The molecule has 6 nitrogen and oxygen atoms in total. The van der Waals surface area contributed by atoms with Crippen molar-refractivity contribution in [1.29, 1.82) is 0 Å². The third kappa shape index (κ3) is 6.25. The molecule has 0 aliphatic rings. The maximum Gasteiger partial charge on any atom is 0.315 e. The van der Waals surface area contributed by atoms with E-state index in [1.807, 2.05) is 39.0 Å². The van der Waals surface area contributed by atoms with Gasteiger partial charge in [-0.2, -0.15) is 0 Å². The van der Waals surface area contributed by atoms with E-state index in [1.54, 1.807) is 6.92 Å². The fraction of sp³-hybridized carbons (Fsp3) is 0.533. The molecule has 0 saturated carbocycles. The highest BCUT2D eigenvalue weighted by Gasteiger charge is 2.16. The number of hydrogen-bond acceptors (Lipinski definition) is 3. The van der Waals surface area contributed by atoms with Gasteiger partial charge in [-0.05, 0) is 39.3 Å². The molecule has 0 spiro atoms. The molecule has 0 fully saturated rings. The molecule has 1 aromatic rings. The van der Waals surface area contributed by atoms with Gasteiger partial charge >= 0.3 is 6.03 Å². The van der Waals surface area contributed by atoms with Gasteiger partial charge in [0.1, 0.15) is 6.04 Å². The van der Waals surface area contributed by atoms with Crippen LogP contribution >= 0.6 is 0 Å². The number of nitrogens with zero attached hydrogens (tertiary/aromatic N) is 1. The number of hydrogen-bond donors (Lipinski definition) is 3. The lowest BCUT2D eigenvalue weighted by Crippen LogP contribution is -2.50. The van der Waals surface area contributed by atoms with Crippen molar-refractivity contribution in [3.63, 3.8) is 0 Å². The van der Waals surface area contributed by atoms with Crippen LogP contribution in [0.5, 0.6) is 0 Å². The van der Waals surface area contributed by atoms with Crippen LogP contribution in [0.15, 0.2) is 18.2 Å². The number of amides is 3. The lowest BCUT2D eigenvalue weighted by atomic mass is 10.2. The average Bonchev–Trinajstić information content (AvgIpc) is 2.45. The normalized spacial score (nSPS) is 13.1. The maximum absolute atomic E-state index is 11.8. The minimum Gasteiger partial charge on any atom is -0.352 e. The molecule has 1 aromatic heterocycles. The molecular formula is C15H24N4O2. The Morgan fingerprint density at radius 3 is 2.57 bits per heavy atom. The Morgan fingerprint density at radius 2 is 1.95 bits per heavy atom. The van der Waals surface area contributed by atoms with Crippen molar-refractivity contribution < 1.29 is 9.59 Å². The number of urea groups is 1. The number of aryl methyl sites for hydroxylation is 1. The van der Waals surface area contributed by atoms with Gasteiger partial charge in [-0.15, -0.1) is 0 Å². The first-order valence-corrected chi connectivity index (χ1v) is 7.19. The van der Waals surface area contributed by atoms with Gasteiger partial charge in [-0.3, -0.25) is 9.78 Å². The SMILES string of the molecule is CC[C@H](C)NC(=O)[C@H](C)NC(=O)NCc1cccc(C)n1. The molecule has 21 heavy (non-hydrogen) atoms. The summed E-state index contributed by atoms with van der Waals surface area (Å²) >= 11 is 0. The molecular weight excluding hydrogens is 268 g/mol. The summed E-state index contributed by atoms with van der Waals surface area (Å²) in [7, 11) is 0. The molecule has 0 saturated heterocycles. The van der Waals surface area contributed by atoms with E-state index in [0.29, 0.717) is 6.54 Å². The topological polar surface area (TPSA) is 83.1 Å². The van der Waals surface area contributed by atoms with E-state index in [9.17, 15) is 9.59 Å². The van der Waals surface area contributed by atoms with Gasteiger partial charge in [0.2, 0.25) is 5.91 Å². The monoisotopic (exact) mass is 292 g/mol. The molecule has 6 heteroatoms. The van der Waals surface area contributed by atoms with Crippen LogP contribution in [0.4, 0.5) is 4.79 Å². The Labute approximate surface area is 125 Å². The largest absolute Gasteiger partial charge is 0.352 e. The predicted octanol–water partition coefficient (Wildman–Crippen LogP) is 1.49. The quantitative estimate of drug-likeness (QED) is 0.743. The van der Waals surface area contributed by atoms with Crippen LogP contribution < -0.4 is 16.0 Å².